The van der Waals surface area contributed by atoms with Gasteiger partial charge in [-0.15, -0.1) is 0 Å². The van der Waals surface area contributed by atoms with E-state index in [0.717, 1.165) is 6.54 Å². The largest absolute Gasteiger partial charge is 0.347 e. The van der Waals surface area contributed by atoms with E-state index in [1.807, 2.05) is 12.1 Å². The molecule has 0 amide bonds. The lowest BCUT2D eigenvalue weighted by Crippen LogP contribution is -2.02. The molecule has 0 fully saturated rings. The molecule has 0 N–H and O–H groups in total. The number of hydrogen-bond acceptors (Lipinski definition) is 0. The highest BCUT2D eigenvalue weighted by atomic mass is 15.0. The summed E-state index contributed by atoms with van der Waals surface area (Å²) in [5.74, 6) is 0.694. The van der Waals surface area contributed by atoms with Crippen LogP contribution in [0.15, 0.2) is 30.5 Å². The number of nitrogens with zero attached hydrogens (tertiary/aromatic N) is 1. The predicted molar refractivity (Wildman–Crippen MR) is 55.6 cm³/mol. The molecule has 0 aliphatic heterocycles. The highest BCUT2D eigenvalue weighted by molar-refractivity contribution is 5.79. The van der Waals surface area contributed by atoms with Crippen LogP contribution in [-0.2, 0) is 6.54 Å². The Morgan fingerprint density at radius 2 is 2.23 bits per heavy atom. The summed E-state index contributed by atoms with van der Waals surface area (Å²) in [6.45, 7) is 5.56. The zero-order chi connectivity index (χ0) is 9.26. The molecule has 1 aromatic heterocycles. The van der Waals surface area contributed by atoms with Crippen molar-refractivity contribution in [2.45, 2.75) is 20.4 Å². The third-order valence-electron chi connectivity index (χ3n) is 2.18. The van der Waals surface area contributed by atoms with Crippen molar-refractivity contribution in [1.82, 2.24) is 4.57 Å². The van der Waals surface area contributed by atoms with Gasteiger partial charge in [-0.1, -0.05) is 19.9 Å². The molecule has 0 spiro atoms. The third kappa shape index (κ3) is 1.59. The molecule has 0 saturated heterocycles. The Morgan fingerprint density at radius 3 is 3.00 bits per heavy atom. The second-order valence-corrected chi connectivity index (χ2v) is 3.85. The van der Waals surface area contributed by atoms with Gasteiger partial charge in [0.1, 0.15) is 0 Å². The fraction of sp³-hybridized carbons (Fsp3) is 0.333. The fourth-order valence-electron chi connectivity index (χ4n) is 1.63. The summed E-state index contributed by atoms with van der Waals surface area (Å²) in [5, 5.41) is 1.28. The molecule has 0 saturated carbocycles. The summed E-state index contributed by atoms with van der Waals surface area (Å²) in [5.41, 5.74) is 1.31. The van der Waals surface area contributed by atoms with E-state index in [4.69, 9.17) is 0 Å². The number of benzene rings is 1. The lowest BCUT2D eigenvalue weighted by Gasteiger charge is -2.07. The van der Waals surface area contributed by atoms with Gasteiger partial charge >= 0.3 is 0 Å². The quantitative estimate of drug-likeness (QED) is 0.656. The van der Waals surface area contributed by atoms with Crippen molar-refractivity contribution in [1.29, 1.82) is 0 Å². The van der Waals surface area contributed by atoms with Gasteiger partial charge in [-0.05, 0) is 30.2 Å². The summed E-state index contributed by atoms with van der Waals surface area (Å²) < 4.78 is 2.30. The molecule has 1 radical (unpaired) electrons. The molecule has 1 nitrogen and oxygen atoms in total. The molecule has 1 heteroatoms. The van der Waals surface area contributed by atoms with Gasteiger partial charge in [0.05, 0.1) is 0 Å². The highest BCUT2D eigenvalue weighted by Crippen LogP contribution is 2.15. The van der Waals surface area contributed by atoms with Gasteiger partial charge in [0.2, 0.25) is 0 Å². The first-order valence-electron chi connectivity index (χ1n) is 4.72. The van der Waals surface area contributed by atoms with E-state index in [1.165, 1.54) is 10.9 Å². The van der Waals surface area contributed by atoms with E-state index in [2.05, 4.69) is 42.8 Å². The van der Waals surface area contributed by atoms with Crippen LogP contribution >= 0.6 is 0 Å². The van der Waals surface area contributed by atoms with Crippen molar-refractivity contribution < 1.29 is 0 Å². The van der Waals surface area contributed by atoms with Crippen LogP contribution in [0.1, 0.15) is 13.8 Å². The number of hydrogen-bond donors (Lipinski definition) is 0. The van der Waals surface area contributed by atoms with E-state index in [-0.39, 0.29) is 0 Å². The standard InChI is InChI=1S/C12H14N/c1-10(2)9-13-8-7-11-5-3-4-6-12(11)13/h4-8,10H,9H2,1-2H3. The number of rotatable bonds is 2. The molecule has 0 unspecified atom stereocenters. The lowest BCUT2D eigenvalue weighted by atomic mass is 10.2. The minimum atomic E-state index is 0.694. The van der Waals surface area contributed by atoms with Gasteiger partial charge in [-0.25, -0.2) is 0 Å². The Morgan fingerprint density at radius 1 is 1.38 bits per heavy atom. The Hall–Kier alpha value is -1.24. The Kier molecular flexibility index (Phi) is 2.09. The Labute approximate surface area is 79.0 Å². The average Bonchev–Trinajstić information content (AvgIpc) is 2.48. The second-order valence-electron chi connectivity index (χ2n) is 3.85. The average molecular weight is 172 g/mol. The zero-order valence-electron chi connectivity index (χ0n) is 8.12. The van der Waals surface area contributed by atoms with Crippen LogP contribution in [0.4, 0.5) is 0 Å². The normalized spacial score (nSPS) is 11.3. The minimum Gasteiger partial charge on any atom is -0.347 e. The smallest absolute Gasteiger partial charge is 0.0480 e. The number of aromatic nitrogens is 1. The molecule has 0 aliphatic carbocycles. The summed E-state index contributed by atoms with van der Waals surface area (Å²) in [6.07, 6.45) is 2.15. The van der Waals surface area contributed by atoms with Crippen LogP contribution in [0.3, 0.4) is 0 Å². The van der Waals surface area contributed by atoms with Crippen LogP contribution in [0.2, 0.25) is 0 Å². The maximum Gasteiger partial charge on any atom is 0.0480 e. The molecule has 2 rings (SSSR count). The second kappa shape index (κ2) is 3.25. The topological polar surface area (TPSA) is 4.93 Å². The first kappa shape index (κ1) is 8.36. The van der Waals surface area contributed by atoms with Crippen LogP contribution in [-0.4, -0.2) is 4.57 Å². The Bertz CT molecular complexity index is 398. The molecule has 2 aromatic rings. The van der Waals surface area contributed by atoms with Gasteiger partial charge in [0.15, 0.2) is 0 Å². The molecule has 0 aliphatic rings. The van der Waals surface area contributed by atoms with Crippen molar-refractivity contribution in [3.63, 3.8) is 0 Å². The lowest BCUT2D eigenvalue weighted by molar-refractivity contribution is 0.535. The van der Waals surface area contributed by atoms with E-state index in [1.54, 1.807) is 0 Å². The van der Waals surface area contributed by atoms with Crippen molar-refractivity contribution in [3.05, 3.63) is 36.5 Å². The molecular formula is C12H14N. The van der Waals surface area contributed by atoms with Crippen LogP contribution < -0.4 is 0 Å². The maximum absolute atomic E-state index is 3.09. The fourth-order valence-corrected chi connectivity index (χ4v) is 1.63. The van der Waals surface area contributed by atoms with E-state index >= 15 is 0 Å². The van der Waals surface area contributed by atoms with E-state index in [9.17, 15) is 0 Å². The van der Waals surface area contributed by atoms with Crippen LogP contribution in [0, 0.1) is 12.0 Å². The van der Waals surface area contributed by atoms with Crippen molar-refractivity contribution in [2.75, 3.05) is 0 Å². The van der Waals surface area contributed by atoms with Gasteiger partial charge in [-0.2, -0.15) is 0 Å². The van der Waals surface area contributed by atoms with Crippen LogP contribution in [0.25, 0.3) is 10.9 Å². The molecular weight excluding hydrogens is 158 g/mol. The minimum absolute atomic E-state index is 0.694. The summed E-state index contributed by atoms with van der Waals surface area (Å²) >= 11 is 0. The van der Waals surface area contributed by atoms with E-state index in [0.29, 0.717) is 5.92 Å². The molecule has 0 atom stereocenters. The first-order chi connectivity index (χ1) is 6.27. The van der Waals surface area contributed by atoms with Crippen molar-refractivity contribution in [2.24, 2.45) is 5.92 Å². The maximum atomic E-state index is 3.09. The molecule has 0 bridgehead atoms. The van der Waals surface area contributed by atoms with Gasteiger partial charge in [0.25, 0.3) is 0 Å². The van der Waals surface area contributed by atoms with Crippen molar-refractivity contribution in [3.8, 4) is 0 Å². The molecule has 13 heavy (non-hydrogen) atoms. The van der Waals surface area contributed by atoms with Crippen molar-refractivity contribution >= 4 is 10.9 Å². The molecule has 67 valence electrons. The molecule has 1 aromatic carbocycles. The highest BCUT2D eigenvalue weighted by Gasteiger charge is 2.00. The summed E-state index contributed by atoms with van der Waals surface area (Å²) in [4.78, 5) is 0. The summed E-state index contributed by atoms with van der Waals surface area (Å²) in [7, 11) is 0. The van der Waals surface area contributed by atoms with Gasteiger partial charge in [-0.3, -0.25) is 0 Å². The van der Waals surface area contributed by atoms with Gasteiger partial charge in [0, 0.05) is 23.6 Å². The number of fused-ring (bicyclic) bond motifs is 1. The Balaban J connectivity index is 2.46. The monoisotopic (exact) mass is 172 g/mol. The van der Waals surface area contributed by atoms with Gasteiger partial charge < -0.3 is 4.57 Å². The SMILES string of the molecule is CC(C)Cn1ccc2c[c]ccc21. The van der Waals surface area contributed by atoms with E-state index < -0.39 is 0 Å². The molecule has 1 heterocycles. The first-order valence-corrected chi connectivity index (χ1v) is 4.72. The summed E-state index contributed by atoms with van der Waals surface area (Å²) in [6, 6.07) is 11.4. The third-order valence-corrected chi connectivity index (χ3v) is 2.18. The van der Waals surface area contributed by atoms with Crippen LogP contribution in [0.5, 0.6) is 0 Å². The predicted octanol–water partition coefficient (Wildman–Crippen LogP) is 3.10. The zero-order valence-corrected chi connectivity index (χ0v) is 8.12.